The van der Waals surface area contributed by atoms with E-state index in [4.69, 9.17) is 4.74 Å². The summed E-state index contributed by atoms with van der Waals surface area (Å²) >= 11 is 0. The van der Waals surface area contributed by atoms with Gasteiger partial charge in [-0.15, -0.1) is 0 Å². The van der Waals surface area contributed by atoms with E-state index in [2.05, 4.69) is 68.8 Å². The average Bonchev–Trinajstić information content (AvgIpc) is 3.46. The molecular formula is C26H29N5O4. The number of ether oxygens (including phenoxy) is 1. The van der Waals surface area contributed by atoms with Gasteiger partial charge in [0.1, 0.15) is 24.6 Å². The number of aromatic nitrogens is 4. The highest BCUT2D eigenvalue weighted by Crippen LogP contribution is 2.32. The number of aliphatic hydroxyl groups excluding tert-OH is 3. The van der Waals surface area contributed by atoms with Crippen molar-refractivity contribution in [1.29, 1.82) is 0 Å². The number of rotatable bonds is 9. The van der Waals surface area contributed by atoms with Crippen LogP contribution in [0.2, 0.25) is 0 Å². The maximum atomic E-state index is 10.4. The molecule has 1 aliphatic heterocycles. The van der Waals surface area contributed by atoms with E-state index in [0.717, 1.165) is 12.8 Å². The zero-order chi connectivity index (χ0) is 24.2. The number of imidazole rings is 1. The van der Waals surface area contributed by atoms with E-state index < -0.39 is 31.1 Å². The summed E-state index contributed by atoms with van der Waals surface area (Å²) in [5, 5.41) is 33.2. The molecule has 3 heterocycles. The normalized spacial score (nSPS) is 22.2. The molecule has 4 aromatic rings. The number of aliphatic hydroxyl groups is 3. The van der Waals surface area contributed by atoms with Crippen molar-refractivity contribution in [1.82, 2.24) is 19.5 Å². The summed E-state index contributed by atoms with van der Waals surface area (Å²) < 4.78 is 7.19. The Labute approximate surface area is 203 Å². The maximum Gasteiger partial charge on any atom is 0.167 e. The van der Waals surface area contributed by atoms with Crippen LogP contribution < -0.4 is 5.32 Å². The molecule has 9 nitrogen and oxygen atoms in total. The number of benzene rings is 2. The van der Waals surface area contributed by atoms with Crippen LogP contribution in [-0.2, 0) is 4.74 Å². The molecule has 0 unspecified atom stereocenters. The summed E-state index contributed by atoms with van der Waals surface area (Å²) in [6.45, 7) is 0.305. The van der Waals surface area contributed by atoms with E-state index in [-0.39, 0.29) is 0 Å². The van der Waals surface area contributed by atoms with Gasteiger partial charge >= 0.3 is 0 Å². The first kappa shape index (κ1) is 23.4. The van der Waals surface area contributed by atoms with Crippen LogP contribution in [0, 0.1) is 0 Å². The van der Waals surface area contributed by atoms with Crippen LogP contribution in [0.1, 0.15) is 36.1 Å². The van der Waals surface area contributed by atoms with Gasteiger partial charge in [-0.1, -0.05) is 60.7 Å². The number of anilines is 1. The van der Waals surface area contributed by atoms with Gasteiger partial charge in [0.2, 0.25) is 0 Å². The van der Waals surface area contributed by atoms with Crippen LogP contribution in [0.5, 0.6) is 0 Å². The molecule has 1 aliphatic rings. The molecule has 0 bridgehead atoms. The van der Waals surface area contributed by atoms with Gasteiger partial charge in [-0.25, -0.2) is 15.0 Å². The molecule has 2 aromatic heterocycles. The molecule has 0 saturated carbocycles. The lowest BCUT2D eigenvalue weighted by Gasteiger charge is -2.18. The van der Waals surface area contributed by atoms with E-state index in [1.165, 1.54) is 23.8 Å². The van der Waals surface area contributed by atoms with Crippen molar-refractivity contribution in [3.63, 3.8) is 0 Å². The van der Waals surface area contributed by atoms with Crippen molar-refractivity contribution in [2.24, 2.45) is 0 Å². The maximum absolute atomic E-state index is 10.4. The molecule has 1 saturated heterocycles. The molecular weight excluding hydrogens is 446 g/mol. The third kappa shape index (κ3) is 4.76. The second kappa shape index (κ2) is 10.5. The van der Waals surface area contributed by atoms with Crippen molar-refractivity contribution < 1.29 is 20.1 Å². The van der Waals surface area contributed by atoms with Crippen molar-refractivity contribution in [2.45, 2.75) is 43.3 Å². The van der Waals surface area contributed by atoms with Gasteiger partial charge in [-0.3, -0.25) is 4.57 Å². The lowest BCUT2D eigenvalue weighted by molar-refractivity contribution is -0.0511. The Bertz CT molecular complexity index is 1200. The Hall–Kier alpha value is -3.37. The second-order valence-electron chi connectivity index (χ2n) is 8.72. The molecule has 35 heavy (non-hydrogen) atoms. The molecule has 182 valence electrons. The van der Waals surface area contributed by atoms with Crippen LogP contribution >= 0.6 is 0 Å². The van der Waals surface area contributed by atoms with E-state index in [0.29, 0.717) is 29.4 Å². The Morgan fingerprint density at radius 1 is 0.914 bits per heavy atom. The fraction of sp³-hybridized carbons (Fsp3) is 0.346. The third-order valence-corrected chi connectivity index (χ3v) is 6.52. The van der Waals surface area contributed by atoms with E-state index in [1.54, 1.807) is 4.57 Å². The largest absolute Gasteiger partial charge is 0.394 e. The van der Waals surface area contributed by atoms with Crippen LogP contribution in [0.3, 0.4) is 0 Å². The summed E-state index contributed by atoms with van der Waals surface area (Å²) in [6.07, 6.45) is 0.656. The predicted molar refractivity (Wildman–Crippen MR) is 131 cm³/mol. The molecule has 2 aromatic carbocycles. The summed E-state index contributed by atoms with van der Waals surface area (Å²) in [5.41, 5.74) is 3.61. The van der Waals surface area contributed by atoms with Gasteiger partial charge in [0.25, 0.3) is 0 Å². The van der Waals surface area contributed by atoms with Crippen LogP contribution in [0.4, 0.5) is 5.82 Å². The average molecular weight is 476 g/mol. The minimum absolute atomic E-state index is 0.302. The van der Waals surface area contributed by atoms with Gasteiger partial charge in [0.15, 0.2) is 23.2 Å². The second-order valence-corrected chi connectivity index (χ2v) is 8.72. The molecule has 5 rings (SSSR count). The molecule has 4 atom stereocenters. The summed E-state index contributed by atoms with van der Waals surface area (Å²) in [6, 6.07) is 21.0. The topological polar surface area (TPSA) is 126 Å². The molecule has 0 radical (unpaired) electrons. The Balaban J connectivity index is 1.28. The first-order chi connectivity index (χ1) is 17.2. The number of hydrogen-bond donors (Lipinski definition) is 4. The van der Waals surface area contributed by atoms with Gasteiger partial charge in [-0.2, -0.15) is 0 Å². The van der Waals surface area contributed by atoms with Crippen molar-refractivity contribution >= 4 is 17.0 Å². The molecule has 0 amide bonds. The zero-order valence-corrected chi connectivity index (χ0v) is 19.2. The highest BCUT2D eigenvalue weighted by Gasteiger charge is 2.44. The van der Waals surface area contributed by atoms with Crippen molar-refractivity contribution in [3.8, 4) is 0 Å². The zero-order valence-electron chi connectivity index (χ0n) is 19.2. The first-order valence-electron chi connectivity index (χ1n) is 11.8. The molecule has 1 fully saturated rings. The van der Waals surface area contributed by atoms with Gasteiger partial charge in [0.05, 0.1) is 12.9 Å². The van der Waals surface area contributed by atoms with Crippen LogP contribution in [0.15, 0.2) is 73.3 Å². The number of hydrogen-bond acceptors (Lipinski definition) is 8. The highest BCUT2D eigenvalue weighted by atomic mass is 16.6. The van der Waals surface area contributed by atoms with Gasteiger partial charge in [-0.05, 0) is 24.0 Å². The fourth-order valence-corrected chi connectivity index (χ4v) is 4.69. The van der Waals surface area contributed by atoms with Crippen molar-refractivity contribution in [2.75, 3.05) is 18.5 Å². The number of fused-ring (bicyclic) bond motifs is 1. The minimum Gasteiger partial charge on any atom is -0.394 e. The van der Waals surface area contributed by atoms with E-state index in [1.807, 2.05) is 12.1 Å². The first-order valence-corrected chi connectivity index (χ1v) is 11.8. The fourth-order valence-electron chi connectivity index (χ4n) is 4.69. The summed E-state index contributed by atoms with van der Waals surface area (Å²) in [5.74, 6) is 0.896. The van der Waals surface area contributed by atoms with Crippen LogP contribution in [0.25, 0.3) is 11.2 Å². The predicted octanol–water partition coefficient (Wildman–Crippen LogP) is 2.46. The lowest BCUT2D eigenvalue weighted by Crippen LogP contribution is -2.33. The smallest absolute Gasteiger partial charge is 0.167 e. The van der Waals surface area contributed by atoms with E-state index >= 15 is 0 Å². The van der Waals surface area contributed by atoms with Gasteiger partial charge in [0, 0.05) is 12.5 Å². The Morgan fingerprint density at radius 2 is 1.60 bits per heavy atom. The van der Waals surface area contributed by atoms with Gasteiger partial charge < -0.3 is 25.4 Å². The highest BCUT2D eigenvalue weighted by molar-refractivity contribution is 5.82. The minimum atomic E-state index is -1.20. The summed E-state index contributed by atoms with van der Waals surface area (Å²) in [7, 11) is 0. The number of nitrogens with zero attached hydrogens (tertiary/aromatic N) is 4. The Morgan fingerprint density at radius 3 is 2.23 bits per heavy atom. The molecule has 4 N–H and O–H groups in total. The SMILES string of the molecule is OC[C@H]1O[C@@H](n2cnc3c(NCCCC(c4ccccc4)c4ccccc4)ncnc32)[C@H](O)[C@@H]1O. The van der Waals surface area contributed by atoms with Crippen LogP contribution in [-0.4, -0.2) is 66.3 Å². The quantitative estimate of drug-likeness (QED) is 0.272. The van der Waals surface area contributed by atoms with Crippen molar-refractivity contribution in [3.05, 3.63) is 84.4 Å². The third-order valence-electron chi connectivity index (χ3n) is 6.52. The molecule has 0 spiro atoms. The van der Waals surface area contributed by atoms with E-state index in [9.17, 15) is 15.3 Å². The molecule has 9 heteroatoms. The monoisotopic (exact) mass is 475 g/mol. The number of nitrogens with one attached hydrogen (secondary N) is 1. The Kier molecular flexibility index (Phi) is 7.01. The standard InChI is InChI=1S/C26H29N5O4/c32-14-20-22(33)23(34)26(35-20)31-16-30-21-24(28-15-29-25(21)31)27-13-7-12-19(17-8-3-1-4-9-17)18-10-5-2-6-11-18/h1-6,8-11,15-16,19-20,22-23,26,32-34H,7,12-14H2,(H,27,28,29)/t20-,22-,23-,26-/m1/s1. The summed E-state index contributed by atoms with van der Waals surface area (Å²) in [4.78, 5) is 13.1. The molecule has 0 aliphatic carbocycles. The lowest BCUT2D eigenvalue weighted by atomic mass is 9.87.